The van der Waals surface area contributed by atoms with Crippen LogP contribution >= 0.6 is 0 Å². The molecule has 2 heterocycles. The minimum atomic E-state index is 0.159. The summed E-state index contributed by atoms with van der Waals surface area (Å²) < 4.78 is 5.95. The Hall–Kier alpha value is -2.49. The summed E-state index contributed by atoms with van der Waals surface area (Å²) in [4.78, 5) is 7.08. The Bertz CT molecular complexity index is 787. The predicted octanol–water partition coefficient (Wildman–Crippen LogP) is 4.32. The van der Waals surface area contributed by atoms with Crippen LogP contribution in [0.4, 0.5) is 0 Å². The monoisotopic (exact) mass is 330 g/mol. The van der Waals surface area contributed by atoms with Crippen molar-refractivity contribution in [3.05, 3.63) is 90.1 Å². The zero-order chi connectivity index (χ0) is 16.9. The van der Waals surface area contributed by atoms with Gasteiger partial charge in [0.05, 0.1) is 18.4 Å². The van der Waals surface area contributed by atoms with Gasteiger partial charge in [-0.3, -0.25) is 9.88 Å². The Morgan fingerprint density at radius 2 is 1.68 bits per heavy atom. The van der Waals surface area contributed by atoms with Gasteiger partial charge in [-0.25, -0.2) is 0 Å². The number of aromatic nitrogens is 1. The summed E-state index contributed by atoms with van der Waals surface area (Å²) in [6, 6.07) is 25.1. The van der Waals surface area contributed by atoms with Crippen molar-refractivity contribution in [3.63, 3.8) is 0 Å². The highest BCUT2D eigenvalue weighted by Crippen LogP contribution is 2.23. The van der Waals surface area contributed by atoms with E-state index >= 15 is 0 Å². The molecule has 3 nitrogen and oxygen atoms in total. The summed E-state index contributed by atoms with van der Waals surface area (Å²) >= 11 is 0. The average molecular weight is 330 g/mol. The van der Waals surface area contributed by atoms with Crippen molar-refractivity contribution in [3.8, 4) is 11.3 Å². The van der Waals surface area contributed by atoms with Gasteiger partial charge in [-0.05, 0) is 17.2 Å². The van der Waals surface area contributed by atoms with Crippen molar-refractivity contribution in [1.82, 2.24) is 9.88 Å². The molecule has 0 N–H and O–H groups in total. The normalized spacial score (nSPS) is 18.2. The number of nitrogens with zero attached hydrogens (tertiary/aromatic N) is 2. The zero-order valence-electron chi connectivity index (χ0n) is 14.2. The number of rotatable bonds is 4. The quantitative estimate of drug-likeness (QED) is 0.712. The second-order valence-corrected chi connectivity index (χ2v) is 6.42. The van der Waals surface area contributed by atoms with E-state index in [1.54, 1.807) is 0 Å². The maximum absolute atomic E-state index is 5.95. The summed E-state index contributed by atoms with van der Waals surface area (Å²) in [6.07, 6.45) is 2.15. The van der Waals surface area contributed by atoms with Crippen LogP contribution in [-0.4, -0.2) is 29.6 Å². The molecule has 25 heavy (non-hydrogen) atoms. The molecule has 3 aromatic rings. The molecule has 1 aliphatic heterocycles. The molecule has 1 aliphatic rings. The van der Waals surface area contributed by atoms with E-state index in [4.69, 9.17) is 4.74 Å². The summed E-state index contributed by atoms with van der Waals surface area (Å²) in [5.74, 6) is 0. The first-order valence-electron chi connectivity index (χ1n) is 8.78. The standard InChI is InChI=1S/C22H22N2O/c1-3-7-19(8-4-1)21-12-11-18(15-23-21)16-24-13-14-25-22(17-24)20-9-5-2-6-10-20/h1-12,15,22H,13-14,16-17H2. The van der Waals surface area contributed by atoms with E-state index in [0.29, 0.717) is 0 Å². The molecule has 0 amide bonds. The van der Waals surface area contributed by atoms with Crippen LogP contribution in [0.15, 0.2) is 79.0 Å². The van der Waals surface area contributed by atoms with Gasteiger partial charge in [0, 0.05) is 31.4 Å². The van der Waals surface area contributed by atoms with Crippen LogP contribution < -0.4 is 0 Å². The molecular weight excluding hydrogens is 308 g/mol. The fourth-order valence-electron chi connectivity index (χ4n) is 3.27. The van der Waals surface area contributed by atoms with Crippen molar-refractivity contribution in [2.75, 3.05) is 19.7 Å². The number of ether oxygens (including phenoxy) is 1. The lowest BCUT2D eigenvalue weighted by molar-refractivity contribution is -0.0329. The Balaban J connectivity index is 1.42. The van der Waals surface area contributed by atoms with E-state index in [0.717, 1.165) is 37.5 Å². The summed E-state index contributed by atoms with van der Waals surface area (Å²) in [5.41, 5.74) is 4.68. The number of morpholine rings is 1. The van der Waals surface area contributed by atoms with E-state index in [9.17, 15) is 0 Å². The minimum absolute atomic E-state index is 0.159. The number of pyridine rings is 1. The third-order valence-corrected chi connectivity index (χ3v) is 4.62. The summed E-state index contributed by atoms with van der Waals surface area (Å²) in [5, 5.41) is 0. The molecule has 2 aromatic carbocycles. The highest BCUT2D eigenvalue weighted by atomic mass is 16.5. The fourth-order valence-corrected chi connectivity index (χ4v) is 3.27. The third kappa shape index (κ3) is 3.95. The average Bonchev–Trinajstić information content (AvgIpc) is 2.70. The highest BCUT2D eigenvalue weighted by Gasteiger charge is 2.21. The van der Waals surface area contributed by atoms with Crippen LogP contribution in [0.5, 0.6) is 0 Å². The first-order chi connectivity index (χ1) is 12.4. The van der Waals surface area contributed by atoms with Crippen molar-refractivity contribution >= 4 is 0 Å². The molecule has 126 valence electrons. The second-order valence-electron chi connectivity index (χ2n) is 6.42. The molecule has 4 rings (SSSR count). The van der Waals surface area contributed by atoms with Gasteiger partial charge in [0.2, 0.25) is 0 Å². The van der Waals surface area contributed by atoms with Gasteiger partial charge in [-0.2, -0.15) is 0 Å². The van der Waals surface area contributed by atoms with Gasteiger partial charge < -0.3 is 4.74 Å². The maximum Gasteiger partial charge on any atom is 0.0952 e. The summed E-state index contributed by atoms with van der Waals surface area (Å²) in [6.45, 7) is 3.57. The van der Waals surface area contributed by atoms with Crippen LogP contribution in [-0.2, 0) is 11.3 Å². The molecule has 1 fully saturated rings. The fraction of sp³-hybridized carbons (Fsp3) is 0.227. The van der Waals surface area contributed by atoms with E-state index in [1.807, 2.05) is 30.5 Å². The van der Waals surface area contributed by atoms with E-state index < -0.39 is 0 Å². The van der Waals surface area contributed by atoms with Crippen LogP contribution in [0.1, 0.15) is 17.2 Å². The van der Waals surface area contributed by atoms with Crippen LogP contribution in [0.2, 0.25) is 0 Å². The number of hydrogen-bond donors (Lipinski definition) is 0. The topological polar surface area (TPSA) is 25.4 Å². The van der Waals surface area contributed by atoms with Gasteiger partial charge in [0.15, 0.2) is 0 Å². The smallest absolute Gasteiger partial charge is 0.0952 e. The predicted molar refractivity (Wildman–Crippen MR) is 100 cm³/mol. The molecular formula is C22H22N2O. The molecule has 0 aliphatic carbocycles. The lowest BCUT2D eigenvalue weighted by Crippen LogP contribution is -2.37. The van der Waals surface area contributed by atoms with E-state index in [1.165, 1.54) is 11.1 Å². The van der Waals surface area contributed by atoms with Gasteiger partial charge in [0.25, 0.3) is 0 Å². The van der Waals surface area contributed by atoms with Crippen LogP contribution in [0.3, 0.4) is 0 Å². The van der Waals surface area contributed by atoms with Crippen molar-refractivity contribution in [2.24, 2.45) is 0 Å². The van der Waals surface area contributed by atoms with E-state index in [-0.39, 0.29) is 6.10 Å². The zero-order valence-corrected chi connectivity index (χ0v) is 14.2. The minimum Gasteiger partial charge on any atom is -0.371 e. The molecule has 0 radical (unpaired) electrons. The number of hydrogen-bond acceptors (Lipinski definition) is 3. The van der Waals surface area contributed by atoms with E-state index in [2.05, 4.69) is 58.4 Å². The largest absolute Gasteiger partial charge is 0.371 e. The Morgan fingerprint density at radius 1 is 0.920 bits per heavy atom. The molecule has 0 bridgehead atoms. The Kier molecular flexibility index (Phi) is 4.86. The lowest BCUT2D eigenvalue weighted by atomic mass is 10.1. The molecule has 1 atom stereocenters. The van der Waals surface area contributed by atoms with Crippen LogP contribution in [0, 0.1) is 0 Å². The molecule has 1 unspecified atom stereocenters. The van der Waals surface area contributed by atoms with Gasteiger partial charge in [-0.1, -0.05) is 66.7 Å². The highest BCUT2D eigenvalue weighted by molar-refractivity contribution is 5.58. The van der Waals surface area contributed by atoms with Crippen molar-refractivity contribution in [2.45, 2.75) is 12.6 Å². The van der Waals surface area contributed by atoms with Gasteiger partial charge >= 0.3 is 0 Å². The second kappa shape index (κ2) is 7.60. The molecule has 3 heteroatoms. The molecule has 1 saturated heterocycles. The first-order valence-corrected chi connectivity index (χ1v) is 8.78. The number of benzene rings is 2. The van der Waals surface area contributed by atoms with Gasteiger partial charge in [-0.15, -0.1) is 0 Å². The van der Waals surface area contributed by atoms with Crippen molar-refractivity contribution in [1.29, 1.82) is 0 Å². The summed E-state index contributed by atoms with van der Waals surface area (Å²) in [7, 11) is 0. The molecule has 0 spiro atoms. The third-order valence-electron chi connectivity index (χ3n) is 4.62. The lowest BCUT2D eigenvalue weighted by Gasteiger charge is -2.33. The Morgan fingerprint density at radius 3 is 2.40 bits per heavy atom. The van der Waals surface area contributed by atoms with Crippen molar-refractivity contribution < 1.29 is 4.74 Å². The maximum atomic E-state index is 5.95. The molecule has 0 saturated carbocycles. The molecule has 1 aromatic heterocycles. The first kappa shape index (κ1) is 16.0. The Labute approximate surface area is 148 Å². The SMILES string of the molecule is c1ccc(-c2ccc(CN3CCOC(c4ccccc4)C3)cn2)cc1. The van der Waals surface area contributed by atoms with Crippen LogP contribution in [0.25, 0.3) is 11.3 Å². The van der Waals surface area contributed by atoms with Gasteiger partial charge in [0.1, 0.15) is 0 Å².